The largest absolute Gasteiger partial charge is 0.465 e. The Balaban J connectivity index is 1.34. The average Bonchev–Trinajstić information content (AvgIpc) is 3.57. The third-order valence-electron chi connectivity index (χ3n) is 8.38. The number of aryl methyl sites for hydroxylation is 1. The summed E-state index contributed by atoms with van der Waals surface area (Å²) < 4.78 is 24.7. The number of carbonyl (C=O) groups excluding carboxylic acids is 1. The first kappa shape index (κ1) is 27.8. The topological polar surface area (TPSA) is 78.9 Å². The second kappa shape index (κ2) is 10.2. The van der Waals surface area contributed by atoms with Gasteiger partial charge in [-0.1, -0.05) is 28.1 Å². The molecule has 0 radical (unpaired) electrons. The normalized spacial score (nSPS) is 19.7. The van der Waals surface area contributed by atoms with E-state index >= 15 is 0 Å². The highest BCUT2D eigenvalue weighted by Gasteiger charge is 2.40. The second-order valence-electron chi connectivity index (χ2n) is 12.6. The van der Waals surface area contributed by atoms with Gasteiger partial charge in [0, 0.05) is 56.9 Å². The first-order valence-corrected chi connectivity index (χ1v) is 15.0. The molecule has 2 aromatic carbocycles. The quantitative estimate of drug-likeness (QED) is 0.245. The SMILES string of the molecule is Cc1c(-c2cc3ccc(Br)cc3n2CC2CC2)oc2cc(C(=O)N3C[C@H](F)C[C@@H](N(C(=O)O)C(C)(C)C)C3)ccc12. The van der Waals surface area contributed by atoms with E-state index in [1.54, 1.807) is 32.9 Å². The lowest BCUT2D eigenvalue weighted by Gasteiger charge is -2.45. The lowest BCUT2D eigenvalue weighted by Crippen LogP contribution is -2.59. The number of halogens is 2. The zero-order valence-corrected chi connectivity index (χ0v) is 25.4. The highest BCUT2D eigenvalue weighted by atomic mass is 79.9. The maximum absolute atomic E-state index is 14.9. The van der Waals surface area contributed by atoms with E-state index in [1.807, 2.05) is 19.1 Å². The monoisotopic (exact) mass is 623 g/mol. The third kappa shape index (κ3) is 5.25. The van der Waals surface area contributed by atoms with Crippen molar-refractivity contribution in [2.45, 2.75) is 71.3 Å². The standard InChI is InChI=1S/C32H35BrFN3O4/c1-18-25-10-8-21(30(38)35-16-23(34)14-24(17-35)37(31(39)40)32(2,3)4)12-28(25)41-29(18)27-11-20-7-9-22(33)13-26(20)36(27)15-19-5-6-19/h7-13,19,23-24H,5-6,14-17H2,1-4H3,(H,39,40)/t23-,24-/m1/s1. The fourth-order valence-corrected chi connectivity index (χ4v) is 6.66. The molecule has 2 atom stereocenters. The van der Waals surface area contributed by atoms with Gasteiger partial charge >= 0.3 is 6.09 Å². The van der Waals surface area contributed by atoms with Crippen LogP contribution in [-0.2, 0) is 6.54 Å². The summed E-state index contributed by atoms with van der Waals surface area (Å²) in [6.45, 7) is 8.38. The molecule has 0 bridgehead atoms. The van der Waals surface area contributed by atoms with E-state index in [1.165, 1.54) is 22.6 Å². The van der Waals surface area contributed by atoms with Gasteiger partial charge in [-0.25, -0.2) is 9.18 Å². The molecule has 3 heterocycles. The minimum Gasteiger partial charge on any atom is -0.465 e. The molecule has 41 heavy (non-hydrogen) atoms. The smallest absolute Gasteiger partial charge is 0.408 e. The number of nitrogens with zero attached hydrogens (tertiary/aromatic N) is 3. The van der Waals surface area contributed by atoms with Gasteiger partial charge in [-0.3, -0.25) is 9.69 Å². The van der Waals surface area contributed by atoms with Crippen LogP contribution in [0, 0.1) is 12.8 Å². The summed E-state index contributed by atoms with van der Waals surface area (Å²) in [7, 11) is 0. The van der Waals surface area contributed by atoms with Crippen LogP contribution in [0.4, 0.5) is 9.18 Å². The fourth-order valence-electron chi connectivity index (χ4n) is 6.31. The number of likely N-dealkylation sites (tertiary alicyclic amines) is 1. The zero-order valence-electron chi connectivity index (χ0n) is 23.8. The summed E-state index contributed by atoms with van der Waals surface area (Å²) in [5.74, 6) is 1.11. The van der Waals surface area contributed by atoms with E-state index in [4.69, 9.17) is 4.42 Å². The molecule has 4 aromatic rings. The Morgan fingerprint density at radius 1 is 1.12 bits per heavy atom. The van der Waals surface area contributed by atoms with Crippen LogP contribution in [0.3, 0.4) is 0 Å². The molecule has 6 rings (SSSR count). The molecule has 2 aromatic heterocycles. The van der Waals surface area contributed by atoms with Crippen molar-refractivity contribution in [3.63, 3.8) is 0 Å². The van der Waals surface area contributed by atoms with E-state index in [0.717, 1.165) is 44.3 Å². The lowest BCUT2D eigenvalue weighted by atomic mass is 9.96. The molecule has 1 saturated carbocycles. The molecule has 2 aliphatic rings. The van der Waals surface area contributed by atoms with E-state index in [9.17, 15) is 19.1 Å². The Bertz CT molecular complexity index is 1660. The van der Waals surface area contributed by atoms with Crippen LogP contribution in [0.2, 0.25) is 0 Å². The van der Waals surface area contributed by atoms with E-state index < -0.39 is 23.8 Å². The van der Waals surface area contributed by atoms with Crippen molar-refractivity contribution in [3.8, 4) is 11.5 Å². The van der Waals surface area contributed by atoms with Crippen molar-refractivity contribution < 1.29 is 23.5 Å². The molecule has 216 valence electrons. The van der Waals surface area contributed by atoms with Crippen molar-refractivity contribution >= 4 is 49.8 Å². The molecule has 1 aliphatic heterocycles. The Kier molecular flexibility index (Phi) is 6.91. The lowest BCUT2D eigenvalue weighted by molar-refractivity contribution is 0.0126. The average molecular weight is 625 g/mol. The maximum atomic E-state index is 14.9. The summed E-state index contributed by atoms with van der Waals surface area (Å²) in [6, 6.07) is 13.2. The van der Waals surface area contributed by atoms with E-state index in [2.05, 4.69) is 38.7 Å². The van der Waals surface area contributed by atoms with Gasteiger partial charge in [0.25, 0.3) is 5.91 Å². The molecule has 1 N–H and O–H groups in total. The van der Waals surface area contributed by atoms with Crippen molar-refractivity contribution in [2.24, 2.45) is 5.92 Å². The van der Waals surface area contributed by atoms with Gasteiger partial charge in [0.2, 0.25) is 0 Å². The summed E-state index contributed by atoms with van der Waals surface area (Å²) in [5.41, 5.74) is 3.44. The number of benzene rings is 2. The van der Waals surface area contributed by atoms with Crippen LogP contribution in [0.25, 0.3) is 33.3 Å². The van der Waals surface area contributed by atoms with Gasteiger partial charge in [-0.15, -0.1) is 0 Å². The Hall–Kier alpha value is -3.33. The van der Waals surface area contributed by atoms with Crippen LogP contribution in [0.5, 0.6) is 0 Å². The molecule has 0 spiro atoms. The number of furan rings is 1. The van der Waals surface area contributed by atoms with Gasteiger partial charge in [-0.05, 0) is 76.8 Å². The third-order valence-corrected chi connectivity index (χ3v) is 8.87. The molecule has 1 saturated heterocycles. The van der Waals surface area contributed by atoms with Crippen molar-refractivity contribution in [2.75, 3.05) is 13.1 Å². The highest BCUT2D eigenvalue weighted by Crippen LogP contribution is 2.40. The molecule has 1 aliphatic carbocycles. The number of rotatable bonds is 5. The molecular formula is C32H35BrFN3O4. The Morgan fingerprint density at radius 2 is 1.88 bits per heavy atom. The number of carbonyl (C=O) groups is 2. The Labute approximate surface area is 247 Å². The number of piperidine rings is 1. The first-order valence-electron chi connectivity index (χ1n) is 14.2. The number of hydrogen-bond acceptors (Lipinski definition) is 3. The fraction of sp³-hybridized carbons (Fsp3) is 0.438. The minimum atomic E-state index is -1.31. The first-order chi connectivity index (χ1) is 19.4. The van der Waals surface area contributed by atoms with Crippen LogP contribution in [0.15, 0.2) is 51.4 Å². The van der Waals surface area contributed by atoms with Gasteiger partial charge < -0.3 is 19.0 Å². The molecule has 7 nitrogen and oxygen atoms in total. The predicted octanol–water partition coefficient (Wildman–Crippen LogP) is 7.87. The van der Waals surface area contributed by atoms with Gasteiger partial charge in [0.15, 0.2) is 5.76 Å². The highest BCUT2D eigenvalue weighted by molar-refractivity contribution is 9.10. The van der Waals surface area contributed by atoms with Gasteiger partial charge in [0.1, 0.15) is 11.8 Å². The molecule has 0 unspecified atom stereocenters. The van der Waals surface area contributed by atoms with Crippen LogP contribution < -0.4 is 0 Å². The summed E-state index contributed by atoms with van der Waals surface area (Å²) in [6.07, 6.45) is 0.106. The van der Waals surface area contributed by atoms with Crippen molar-refractivity contribution in [1.82, 2.24) is 14.4 Å². The molecule has 9 heteroatoms. The number of fused-ring (bicyclic) bond motifs is 2. The van der Waals surface area contributed by atoms with Gasteiger partial charge in [-0.2, -0.15) is 0 Å². The molecule has 2 amide bonds. The predicted molar refractivity (Wildman–Crippen MR) is 161 cm³/mol. The number of carboxylic acid groups (broad SMARTS) is 1. The summed E-state index contributed by atoms with van der Waals surface area (Å²) >= 11 is 3.61. The maximum Gasteiger partial charge on any atom is 0.408 e. The van der Waals surface area contributed by atoms with E-state index in [-0.39, 0.29) is 25.4 Å². The van der Waals surface area contributed by atoms with Crippen molar-refractivity contribution in [3.05, 3.63) is 58.1 Å². The van der Waals surface area contributed by atoms with E-state index in [0.29, 0.717) is 17.1 Å². The summed E-state index contributed by atoms with van der Waals surface area (Å²) in [5, 5.41) is 11.9. The minimum absolute atomic E-state index is 0.0652. The number of amides is 2. The number of alkyl halides is 1. The summed E-state index contributed by atoms with van der Waals surface area (Å²) in [4.78, 5) is 28.4. The second-order valence-corrected chi connectivity index (χ2v) is 13.5. The Morgan fingerprint density at radius 3 is 2.56 bits per heavy atom. The van der Waals surface area contributed by atoms with Crippen LogP contribution in [0.1, 0.15) is 56.0 Å². The van der Waals surface area contributed by atoms with Crippen molar-refractivity contribution in [1.29, 1.82) is 0 Å². The zero-order chi connectivity index (χ0) is 29.2. The van der Waals surface area contributed by atoms with Gasteiger partial charge in [0.05, 0.1) is 18.3 Å². The number of aromatic nitrogens is 1. The number of hydrogen-bond donors (Lipinski definition) is 1. The molecule has 2 fully saturated rings. The van der Waals surface area contributed by atoms with Crippen LogP contribution >= 0.6 is 15.9 Å². The van der Waals surface area contributed by atoms with Crippen LogP contribution in [-0.4, -0.2) is 62.3 Å². The molecular weight excluding hydrogens is 589 g/mol.